The largest absolute Gasteiger partial charge is 0.324 e. The van der Waals surface area contributed by atoms with E-state index in [0.717, 1.165) is 19.5 Å². The van der Waals surface area contributed by atoms with E-state index in [1.165, 1.54) is 28.7 Å². The summed E-state index contributed by atoms with van der Waals surface area (Å²) in [6.45, 7) is 1.60. The molecule has 5 rings (SSSR count). The number of fused-ring (bicyclic) bond motifs is 2. The summed E-state index contributed by atoms with van der Waals surface area (Å²) in [5.74, 6) is -5.18. The zero-order valence-electron chi connectivity index (χ0n) is 24.1. The number of amides is 1. The van der Waals surface area contributed by atoms with Gasteiger partial charge in [-0.1, -0.05) is 29.8 Å². The molecule has 236 valence electrons. The molecule has 8 nitrogen and oxygen atoms in total. The minimum Gasteiger partial charge on any atom is -0.324 e. The first-order chi connectivity index (χ1) is 20.8. The molecule has 3 unspecified atom stereocenters. The maximum atomic E-state index is 15.2. The van der Waals surface area contributed by atoms with Crippen molar-refractivity contribution in [2.45, 2.75) is 62.6 Å². The van der Waals surface area contributed by atoms with Gasteiger partial charge in [0.15, 0.2) is 0 Å². The second-order valence-corrected chi connectivity index (χ2v) is 14.0. The highest BCUT2D eigenvalue weighted by Crippen LogP contribution is 2.34. The molecular weight excluding hydrogens is 615 g/mol. The maximum Gasteiger partial charge on any atom is 0.272 e. The van der Waals surface area contributed by atoms with Crippen molar-refractivity contribution in [2.75, 3.05) is 24.2 Å². The van der Waals surface area contributed by atoms with Crippen molar-refractivity contribution < 1.29 is 26.4 Å². The van der Waals surface area contributed by atoms with E-state index in [4.69, 9.17) is 17.3 Å². The first-order valence-corrected chi connectivity index (χ1v) is 16.5. The number of rotatable bonds is 9. The highest BCUT2D eigenvalue weighted by Gasteiger charge is 2.38. The molecule has 2 aliphatic heterocycles. The summed E-state index contributed by atoms with van der Waals surface area (Å²) >= 11 is 6.07. The van der Waals surface area contributed by atoms with Crippen LogP contribution < -0.4 is 16.4 Å². The van der Waals surface area contributed by atoms with Gasteiger partial charge in [-0.2, -0.15) is 4.31 Å². The maximum absolute atomic E-state index is 15.2. The number of nitrogens with two attached hydrogens (primary N) is 1. The summed E-state index contributed by atoms with van der Waals surface area (Å²) in [7, 11) is -3.42. The number of sulfonamides is 1. The van der Waals surface area contributed by atoms with Crippen LogP contribution in [-0.4, -0.2) is 60.6 Å². The van der Waals surface area contributed by atoms with Crippen molar-refractivity contribution in [1.82, 2.24) is 14.6 Å². The second kappa shape index (κ2) is 13.1. The van der Waals surface area contributed by atoms with Crippen molar-refractivity contribution >= 4 is 33.2 Å². The number of carbonyl (C=O) groups is 1. The highest BCUT2D eigenvalue weighted by molar-refractivity contribution is 7.89. The third kappa shape index (κ3) is 7.26. The molecule has 2 saturated heterocycles. The molecule has 2 fully saturated rings. The number of anilines is 1. The molecule has 5 atom stereocenters. The number of nitrogens with zero attached hydrogens (tertiary/aromatic N) is 2. The van der Waals surface area contributed by atoms with E-state index >= 15 is 4.39 Å². The molecule has 44 heavy (non-hydrogen) atoms. The fourth-order valence-corrected chi connectivity index (χ4v) is 7.93. The third-order valence-electron chi connectivity index (χ3n) is 8.38. The number of halogens is 4. The first-order valence-electron chi connectivity index (χ1n) is 14.5. The SMILES string of the molecule is CC(F)(F)c1cncc([C@H](c2ccc(Cl)cc2)[C@H](N)C(=O)Nc2cccc(F)c2CCC2CNC3CCCS(=O)(=O)N2C3)c1. The van der Waals surface area contributed by atoms with Gasteiger partial charge in [0.25, 0.3) is 5.92 Å². The van der Waals surface area contributed by atoms with Crippen LogP contribution in [0.5, 0.6) is 0 Å². The highest BCUT2D eigenvalue weighted by atomic mass is 35.5. The normalized spacial score (nSPS) is 22.9. The molecule has 13 heteroatoms. The van der Waals surface area contributed by atoms with Gasteiger partial charge in [-0.25, -0.2) is 21.6 Å². The standard InChI is InChI=1S/C31H35ClF3N5O3S/c1-31(34,35)21-14-20(15-37-16-21)28(19-7-9-22(32)10-8-19)29(36)30(41)39-27-6-2-5-26(33)25(27)12-11-24-17-38-23-4-3-13-44(42,43)40(24)18-23/h2,5-10,14-16,23-24,28-29,38H,3-4,11-13,17-18,36H2,1H3,(H,39,41)/t23?,24?,28-,29-/m0/s1. The second-order valence-electron chi connectivity index (χ2n) is 11.5. The van der Waals surface area contributed by atoms with Gasteiger partial charge in [0.05, 0.1) is 11.8 Å². The van der Waals surface area contributed by atoms with E-state index in [-0.39, 0.29) is 41.1 Å². The fraction of sp³-hybridized carbons (Fsp3) is 0.419. The van der Waals surface area contributed by atoms with Crippen LogP contribution in [0, 0.1) is 5.82 Å². The Morgan fingerprint density at radius 3 is 2.68 bits per heavy atom. The number of hydrogen-bond donors (Lipinski definition) is 3. The molecule has 0 aliphatic carbocycles. The van der Waals surface area contributed by atoms with Crippen LogP contribution in [0.4, 0.5) is 18.9 Å². The zero-order chi connectivity index (χ0) is 31.6. The van der Waals surface area contributed by atoms with E-state index in [0.29, 0.717) is 42.1 Å². The molecule has 1 aromatic heterocycles. The first kappa shape index (κ1) is 32.4. The molecular formula is C31H35ClF3N5O3S. The zero-order valence-corrected chi connectivity index (χ0v) is 25.7. The Hall–Kier alpha value is -3.03. The Morgan fingerprint density at radius 2 is 1.95 bits per heavy atom. The molecule has 2 aromatic carbocycles. The summed E-state index contributed by atoms with van der Waals surface area (Å²) in [6.07, 6.45) is 4.32. The average Bonchev–Trinajstić information content (AvgIpc) is 3.09. The Bertz CT molecular complexity index is 1600. The Morgan fingerprint density at radius 1 is 1.20 bits per heavy atom. The topological polar surface area (TPSA) is 117 Å². The number of piperazine rings is 1. The van der Waals surface area contributed by atoms with Gasteiger partial charge in [0, 0.05) is 72.2 Å². The van der Waals surface area contributed by atoms with E-state index in [9.17, 15) is 22.0 Å². The van der Waals surface area contributed by atoms with Crippen LogP contribution in [0.15, 0.2) is 60.9 Å². The van der Waals surface area contributed by atoms with Crippen molar-refractivity contribution in [3.05, 3.63) is 94.0 Å². The van der Waals surface area contributed by atoms with Gasteiger partial charge in [-0.3, -0.25) is 9.78 Å². The lowest BCUT2D eigenvalue weighted by Crippen LogP contribution is -2.57. The quantitative estimate of drug-likeness (QED) is 0.307. The van der Waals surface area contributed by atoms with Crippen LogP contribution in [0.2, 0.25) is 5.02 Å². The van der Waals surface area contributed by atoms with Crippen LogP contribution in [0.3, 0.4) is 0 Å². The van der Waals surface area contributed by atoms with Crippen molar-refractivity contribution in [3.8, 4) is 0 Å². The number of alkyl halides is 2. The average molecular weight is 650 g/mol. The van der Waals surface area contributed by atoms with Gasteiger partial charge >= 0.3 is 0 Å². The number of carbonyl (C=O) groups excluding carboxylic acids is 1. The lowest BCUT2D eigenvalue weighted by Gasteiger charge is -2.37. The number of aromatic nitrogens is 1. The molecule has 2 aliphatic rings. The summed E-state index contributed by atoms with van der Waals surface area (Å²) in [5, 5.41) is 6.59. The number of pyridine rings is 1. The Balaban J connectivity index is 1.39. The summed E-state index contributed by atoms with van der Waals surface area (Å²) in [5.41, 5.74) is 7.46. The summed E-state index contributed by atoms with van der Waals surface area (Å²) in [4.78, 5) is 17.6. The molecule has 0 spiro atoms. The lowest BCUT2D eigenvalue weighted by atomic mass is 9.85. The minimum atomic E-state index is -3.42. The molecule has 1 amide bonds. The van der Waals surface area contributed by atoms with Gasteiger partial charge in [-0.05, 0) is 67.1 Å². The molecule has 0 radical (unpaired) electrons. The van der Waals surface area contributed by atoms with E-state index < -0.39 is 39.6 Å². The number of benzene rings is 2. The Labute approximate surface area is 260 Å². The predicted octanol–water partition coefficient (Wildman–Crippen LogP) is 4.78. The fourth-order valence-electron chi connectivity index (χ4n) is 6.00. The molecule has 2 bridgehead atoms. The predicted molar refractivity (Wildman–Crippen MR) is 164 cm³/mol. The molecule has 0 saturated carbocycles. The minimum absolute atomic E-state index is 0.0870. The van der Waals surface area contributed by atoms with Crippen LogP contribution in [0.25, 0.3) is 0 Å². The van der Waals surface area contributed by atoms with Crippen LogP contribution in [-0.2, 0) is 27.2 Å². The van der Waals surface area contributed by atoms with Crippen molar-refractivity contribution in [3.63, 3.8) is 0 Å². The number of nitrogens with one attached hydrogen (secondary N) is 2. The lowest BCUT2D eigenvalue weighted by molar-refractivity contribution is -0.117. The summed E-state index contributed by atoms with van der Waals surface area (Å²) in [6, 6.07) is 10.6. The third-order valence-corrected chi connectivity index (χ3v) is 10.6. The smallest absolute Gasteiger partial charge is 0.272 e. The summed E-state index contributed by atoms with van der Waals surface area (Å²) < 4.78 is 70.8. The number of hydrogen-bond acceptors (Lipinski definition) is 6. The van der Waals surface area contributed by atoms with Crippen LogP contribution in [0.1, 0.15) is 54.4 Å². The van der Waals surface area contributed by atoms with E-state index in [1.54, 1.807) is 30.3 Å². The van der Waals surface area contributed by atoms with Crippen LogP contribution >= 0.6 is 11.6 Å². The molecule has 4 N–H and O–H groups in total. The van der Waals surface area contributed by atoms with E-state index in [1.807, 2.05) is 0 Å². The monoisotopic (exact) mass is 649 g/mol. The van der Waals surface area contributed by atoms with Crippen molar-refractivity contribution in [1.29, 1.82) is 0 Å². The van der Waals surface area contributed by atoms with E-state index in [2.05, 4.69) is 15.6 Å². The van der Waals surface area contributed by atoms with Gasteiger partial charge in [0.1, 0.15) is 5.82 Å². The Kier molecular flexibility index (Phi) is 9.66. The van der Waals surface area contributed by atoms with Gasteiger partial charge in [-0.15, -0.1) is 0 Å². The van der Waals surface area contributed by atoms with Gasteiger partial charge < -0.3 is 16.4 Å². The van der Waals surface area contributed by atoms with Crippen molar-refractivity contribution in [2.24, 2.45) is 5.73 Å². The molecule has 3 heterocycles. The molecule has 3 aromatic rings. The van der Waals surface area contributed by atoms with Gasteiger partial charge in [0.2, 0.25) is 15.9 Å².